The molecule has 2 heterocycles. The highest BCUT2D eigenvalue weighted by Crippen LogP contribution is 2.53. The summed E-state index contributed by atoms with van der Waals surface area (Å²) in [5, 5.41) is 20.8. The van der Waals surface area contributed by atoms with Crippen LogP contribution in [-0.2, 0) is 26.6 Å². The Morgan fingerprint density at radius 3 is 2.15 bits per heavy atom. The Morgan fingerprint density at radius 1 is 0.891 bits per heavy atom. The molecule has 0 aromatic heterocycles. The number of phenolic OH excluding ortho intramolecular Hbond substituents is 1. The van der Waals surface area contributed by atoms with Crippen molar-refractivity contribution in [3.05, 3.63) is 100 Å². The van der Waals surface area contributed by atoms with Crippen molar-refractivity contribution in [2.24, 2.45) is 17.8 Å². The van der Waals surface area contributed by atoms with Crippen LogP contribution in [0.25, 0.3) is 0 Å². The molecule has 15 heteroatoms. The number of allylic oxidation sites excluding steroid dienone is 1. The molecule has 0 radical (unpaired) electrons. The summed E-state index contributed by atoms with van der Waals surface area (Å²) < 4.78 is 108. The Labute approximate surface area is 257 Å². The minimum atomic E-state index is -5.22. The lowest BCUT2D eigenvalue weighted by Gasteiger charge is -2.42. The maximum atomic E-state index is 14.2. The average molecular weight is 649 g/mol. The third kappa shape index (κ3) is 5.73. The van der Waals surface area contributed by atoms with Crippen LogP contribution in [0, 0.1) is 23.6 Å². The van der Waals surface area contributed by atoms with Gasteiger partial charge in [0, 0.05) is 0 Å². The lowest BCUT2D eigenvalue weighted by Crippen LogP contribution is -2.45. The standard InChI is InChI=1S/C31H23BF7NO6/c33-23-9-15(6-7-24(23)41)25-13-21-26-22(8-16(27(21)32(44)46-25)14-45-20-4-2-1-3-5-20)28(42)40(29(26)43)19-11-17(30(34,35)36)10-18(12-19)31(37,38)39/h1-7,9-12,21-22,25-26,41,44H,8,13-14H2/t21-,22-,25-,26+/m0/s1. The summed E-state index contributed by atoms with van der Waals surface area (Å²) in [4.78, 5) is 28.1. The van der Waals surface area contributed by atoms with Crippen LogP contribution in [0.1, 0.15) is 35.6 Å². The molecular formula is C31H23BF7NO6. The molecule has 2 N–H and O–H groups in total. The lowest BCUT2D eigenvalue weighted by atomic mass is 9.55. The van der Waals surface area contributed by atoms with Crippen molar-refractivity contribution < 1.29 is 59.8 Å². The zero-order chi connectivity index (χ0) is 33.1. The molecule has 2 amide bonds. The molecule has 3 aliphatic rings. The van der Waals surface area contributed by atoms with Gasteiger partial charge in [0.25, 0.3) is 0 Å². The summed E-state index contributed by atoms with van der Waals surface area (Å²) in [6.45, 7) is -0.179. The Balaban J connectivity index is 1.42. The quantitative estimate of drug-likeness (QED) is 0.193. The largest absolute Gasteiger partial charge is 0.505 e. The number of benzene rings is 3. The third-order valence-electron chi connectivity index (χ3n) is 8.54. The number of amides is 2. The molecule has 0 spiro atoms. The zero-order valence-corrected chi connectivity index (χ0v) is 23.5. The number of hydrogen-bond acceptors (Lipinski definition) is 6. The van der Waals surface area contributed by atoms with Gasteiger partial charge in [-0.05, 0) is 77.8 Å². The van der Waals surface area contributed by atoms with Gasteiger partial charge >= 0.3 is 19.5 Å². The summed E-state index contributed by atoms with van der Waals surface area (Å²) in [6.07, 6.45) is -11.8. The van der Waals surface area contributed by atoms with E-state index >= 15 is 0 Å². The first-order valence-corrected chi connectivity index (χ1v) is 14.0. The van der Waals surface area contributed by atoms with Gasteiger partial charge in [-0.15, -0.1) is 0 Å². The van der Waals surface area contributed by atoms with E-state index in [0.717, 1.165) is 12.1 Å². The number of fused-ring (bicyclic) bond motifs is 3. The van der Waals surface area contributed by atoms with Crippen LogP contribution in [0.2, 0.25) is 0 Å². The fraction of sp³-hybridized carbons (Fsp3) is 0.290. The summed E-state index contributed by atoms with van der Waals surface area (Å²) in [5.74, 6) is -6.77. The second kappa shape index (κ2) is 11.5. The minimum Gasteiger partial charge on any atom is -0.505 e. The molecular weight excluding hydrogens is 626 g/mol. The molecule has 6 rings (SSSR count). The van der Waals surface area contributed by atoms with Gasteiger partial charge in [0.05, 0.1) is 34.8 Å². The number of hydrogen-bond donors (Lipinski definition) is 2. The molecule has 2 fully saturated rings. The highest BCUT2D eigenvalue weighted by Gasteiger charge is 2.58. The van der Waals surface area contributed by atoms with Gasteiger partial charge in [-0.1, -0.05) is 24.3 Å². The first-order valence-electron chi connectivity index (χ1n) is 14.0. The number of phenols is 1. The summed E-state index contributed by atoms with van der Waals surface area (Å²) in [5.41, 5.74) is -3.55. The van der Waals surface area contributed by atoms with E-state index < -0.39 is 83.5 Å². The Morgan fingerprint density at radius 2 is 1.54 bits per heavy atom. The van der Waals surface area contributed by atoms with Crippen LogP contribution in [0.3, 0.4) is 0 Å². The van der Waals surface area contributed by atoms with Gasteiger partial charge in [-0.2, -0.15) is 26.3 Å². The van der Waals surface area contributed by atoms with Crippen molar-refractivity contribution in [2.45, 2.75) is 31.3 Å². The first kappa shape index (κ1) is 31.6. The molecule has 3 aromatic carbocycles. The molecule has 0 bridgehead atoms. The fourth-order valence-corrected chi connectivity index (χ4v) is 6.49. The summed E-state index contributed by atoms with van der Waals surface area (Å²) in [7, 11) is -1.68. The maximum absolute atomic E-state index is 14.2. The predicted octanol–water partition coefficient (Wildman–Crippen LogP) is 6.25. The second-order valence-electron chi connectivity index (χ2n) is 11.3. The minimum absolute atomic E-state index is 0.101. The van der Waals surface area contributed by atoms with E-state index in [4.69, 9.17) is 9.39 Å². The second-order valence-corrected chi connectivity index (χ2v) is 11.3. The highest BCUT2D eigenvalue weighted by atomic mass is 19.4. The number of ether oxygens (including phenoxy) is 1. The van der Waals surface area contributed by atoms with E-state index in [0.29, 0.717) is 28.4 Å². The number of carbonyl (C=O) groups is 2. The monoisotopic (exact) mass is 649 g/mol. The SMILES string of the molecule is O=C1[C@H]2[C@H](CC(COc3ccccc3)=C3B(O)O[C@H](c4ccc(O)c(F)c4)C[C@H]32)C(=O)N1c1cc(C(F)(F)F)cc(C(F)(F)F)c1. The van der Waals surface area contributed by atoms with Crippen molar-refractivity contribution in [3.63, 3.8) is 0 Å². The highest BCUT2D eigenvalue weighted by molar-refractivity contribution is 6.53. The molecule has 2 aliphatic heterocycles. The number of carbonyl (C=O) groups excluding carboxylic acids is 2. The number of imide groups is 1. The number of para-hydroxylation sites is 1. The fourth-order valence-electron chi connectivity index (χ4n) is 6.49. The molecule has 1 aliphatic carbocycles. The van der Waals surface area contributed by atoms with Gasteiger partial charge in [0.1, 0.15) is 12.4 Å². The predicted molar refractivity (Wildman–Crippen MR) is 147 cm³/mol. The van der Waals surface area contributed by atoms with Crippen LogP contribution < -0.4 is 9.64 Å². The molecule has 2 saturated heterocycles. The lowest BCUT2D eigenvalue weighted by molar-refractivity contribution is -0.143. The van der Waals surface area contributed by atoms with Gasteiger partial charge < -0.3 is 19.5 Å². The summed E-state index contributed by atoms with van der Waals surface area (Å²) in [6, 6.07) is 12.3. The van der Waals surface area contributed by atoms with Crippen LogP contribution >= 0.6 is 0 Å². The maximum Gasteiger partial charge on any atom is 0.487 e. The van der Waals surface area contributed by atoms with Crippen molar-refractivity contribution in [3.8, 4) is 11.5 Å². The average Bonchev–Trinajstić information content (AvgIpc) is 3.25. The molecule has 0 unspecified atom stereocenters. The van der Waals surface area contributed by atoms with Gasteiger partial charge in [-0.25, -0.2) is 9.29 Å². The Kier molecular flexibility index (Phi) is 7.87. The van der Waals surface area contributed by atoms with Crippen LogP contribution in [0.5, 0.6) is 11.5 Å². The zero-order valence-electron chi connectivity index (χ0n) is 23.5. The smallest absolute Gasteiger partial charge is 0.487 e. The van der Waals surface area contributed by atoms with E-state index in [1.54, 1.807) is 30.3 Å². The number of anilines is 1. The number of halogens is 7. The number of aromatic hydroxyl groups is 1. The van der Waals surface area contributed by atoms with Crippen molar-refractivity contribution >= 4 is 24.6 Å². The summed E-state index contributed by atoms with van der Waals surface area (Å²) >= 11 is 0. The van der Waals surface area contributed by atoms with Crippen LogP contribution in [0.15, 0.2) is 77.8 Å². The number of alkyl halides is 6. The Bertz CT molecular complexity index is 1700. The van der Waals surface area contributed by atoms with Crippen molar-refractivity contribution in [2.75, 3.05) is 11.5 Å². The van der Waals surface area contributed by atoms with Gasteiger partial charge in [0.15, 0.2) is 11.6 Å². The first-order chi connectivity index (χ1) is 21.6. The molecule has 4 atom stereocenters. The van der Waals surface area contributed by atoms with Gasteiger partial charge in [-0.3, -0.25) is 9.59 Å². The topological polar surface area (TPSA) is 96.3 Å². The number of rotatable bonds is 5. The van der Waals surface area contributed by atoms with Crippen molar-refractivity contribution in [1.82, 2.24) is 0 Å². The molecule has 0 saturated carbocycles. The van der Waals surface area contributed by atoms with Gasteiger partial charge in [0.2, 0.25) is 11.8 Å². The molecule has 3 aromatic rings. The molecule has 46 heavy (non-hydrogen) atoms. The van der Waals surface area contributed by atoms with E-state index in [1.165, 1.54) is 6.07 Å². The van der Waals surface area contributed by atoms with E-state index in [-0.39, 0.29) is 36.6 Å². The van der Waals surface area contributed by atoms with Crippen LogP contribution in [0.4, 0.5) is 36.4 Å². The van der Waals surface area contributed by atoms with E-state index in [1.807, 2.05) is 0 Å². The molecule has 7 nitrogen and oxygen atoms in total. The number of nitrogens with zero attached hydrogens (tertiary/aromatic N) is 1. The van der Waals surface area contributed by atoms with Crippen molar-refractivity contribution in [1.29, 1.82) is 0 Å². The molecule has 240 valence electrons. The van der Waals surface area contributed by atoms with Crippen LogP contribution in [-0.4, -0.2) is 35.7 Å². The third-order valence-corrected chi connectivity index (χ3v) is 8.54. The van der Waals surface area contributed by atoms with E-state index in [9.17, 15) is 50.5 Å². The normalized spacial score (nSPS) is 23.5. The van der Waals surface area contributed by atoms with E-state index in [2.05, 4.69) is 0 Å². The Hall–Kier alpha value is -4.37.